The predicted octanol–water partition coefficient (Wildman–Crippen LogP) is 1.39. The zero-order valence-electron chi connectivity index (χ0n) is 8.31. The number of methoxy groups -OCH3 is 1. The van der Waals surface area contributed by atoms with Crippen molar-refractivity contribution in [1.29, 1.82) is 0 Å². The maximum Gasteiger partial charge on any atom is 0.306 e. The van der Waals surface area contributed by atoms with E-state index in [-0.39, 0.29) is 17.0 Å². The van der Waals surface area contributed by atoms with E-state index >= 15 is 0 Å². The molecule has 6 nitrogen and oxygen atoms in total. The van der Waals surface area contributed by atoms with Gasteiger partial charge in [-0.05, 0) is 19.1 Å². The summed E-state index contributed by atoms with van der Waals surface area (Å²) in [5.41, 5.74) is 4.97. The second-order valence-corrected chi connectivity index (χ2v) is 2.89. The van der Waals surface area contributed by atoms with Crippen molar-refractivity contribution in [2.75, 3.05) is 12.8 Å². The lowest BCUT2D eigenvalue weighted by molar-refractivity contribution is -0.384. The molecule has 0 aromatic heterocycles. The first kappa shape index (κ1) is 11.0. The van der Waals surface area contributed by atoms with Gasteiger partial charge in [0.15, 0.2) is 11.5 Å². The zero-order valence-corrected chi connectivity index (χ0v) is 8.31. The van der Waals surface area contributed by atoms with Gasteiger partial charge in [0.25, 0.3) is 0 Å². The van der Waals surface area contributed by atoms with Gasteiger partial charge in [-0.3, -0.25) is 14.9 Å². The maximum absolute atomic E-state index is 11.1. The molecule has 0 radical (unpaired) electrons. The van der Waals surface area contributed by atoms with Crippen molar-refractivity contribution in [3.63, 3.8) is 0 Å². The Bertz CT molecular complexity index is 428. The van der Waals surface area contributed by atoms with Gasteiger partial charge in [0.2, 0.25) is 0 Å². The van der Waals surface area contributed by atoms with Crippen LogP contribution >= 0.6 is 0 Å². The van der Waals surface area contributed by atoms with E-state index in [4.69, 9.17) is 10.5 Å². The van der Waals surface area contributed by atoms with Crippen LogP contribution in [0.1, 0.15) is 17.3 Å². The van der Waals surface area contributed by atoms with Crippen LogP contribution in [0.25, 0.3) is 0 Å². The summed E-state index contributed by atoms with van der Waals surface area (Å²) in [4.78, 5) is 21.2. The standard InChI is InChI=1S/C9H10N2O4/c1-5(12)6-3-4-7(15-2)8(10)9(6)11(13)14/h3-4H,10H2,1-2H3. The highest BCUT2D eigenvalue weighted by Crippen LogP contribution is 2.34. The molecule has 15 heavy (non-hydrogen) atoms. The van der Waals surface area contributed by atoms with Crippen LogP contribution in [0.4, 0.5) is 11.4 Å². The topological polar surface area (TPSA) is 95.5 Å². The van der Waals surface area contributed by atoms with Gasteiger partial charge in [0.1, 0.15) is 5.75 Å². The largest absolute Gasteiger partial charge is 0.494 e. The molecule has 6 heteroatoms. The van der Waals surface area contributed by atoms with E-state index in [1.54, 1.807) is 0 Å². The summed E-state index contributed by atoms with van der Waals surface area (Å²) in [6.45, 7) is 1.24. The van der Waals surface area contributed by atoms with Gasteiger partial charge < -0.3 is 10.5 Å². The lowest BCUT2D eigenvalue weighted by Gasteiger charge is -2.06. The second kappa shape index (κ2) is 3.95. The number of anilines is 1. The molecule has 1 rings (SSSR count). The Hall–Kier alpha value is -2.11. The number of nitrogen functional groups attached to an aromatic ring is 1. The number of benzene rings is 1. The normalized spacial score (nSPS) is 9.73. The SMILES string of the molecule is COc1ccc(C(C)=O)c([N+](=O)[O-])c1N. The summed E-state index contributed by atoms with van der Waals surface area (Å²) < 4.78 is 4.83. The number of carbonyl (C=O) groups excluding carboxylic acids is 1. The van der Waals surface area contributed by atoms with E-state index in [0.29, 0.717) is 0 Å². The molecule has 1 aromatic rings. The lowest BCUT2D eigenvalue weighted by Crippen LogP contribution is -2.05. The number of ketones is 1. The maximum atomic E-state index is 11.1. The molecule has 0 spiro atoms. The minimum absolute atomic E-state index is 0.0155. The monoisotopic (exact) mass is 210 g/mol. The van der Waals surface area contributed by atoms with Crippen molar-refractivity contribution in [2.24, 2.45) is 0 Å². The second-order valence-electron chi connectivity index (χ2n) is 2.89. The number of nitro groups is 1. The Morgan fingerprint density at radius 1 is 1.53 bits per heavy atom. The zero-order chi connectivity index (χ0) is 11.6. The Morgan fingerprint density at radius 2 is 2.13 bits per heavy atom. The van der Waals surface area contributed by atoms with Crippen LogP contribution in [0.5, 0.6) is 5.75 Å². The molecule has 0 saturated heterocycles. The van der Waals surface area contributed by atoms with Gasteiger partial charge in [-0.1, -0.05) is 0 Å². The molecule has 0 bridgehead atoms. The minimum atomic E-state index is -0.686. The van der Waals surface area contributed by atoms with E-state index in [0.717, 1.165) is 0 Å². The third-order valence-electron chi connectivity index (χ3n) is 1.96. The molecule has 80 valence electrons. The van der Waals surface area contributed by atoms with Crippen LogP contribution in [0.3, 0.4) is 0 Å². The quantitative estimate of drug-likeness (QED) is 0.352. The van der Waals surface area contributed by atoms with Crippen LogP contribution in [-0.2, 0) is 0 Å². The highest BCUT2D eigenvalue weighted by Gasteiger charge is 2.23. The summed E-state index contributed by atoms with van der Waals surface area (Å²) in [6, 6.07) is 2.76. The molecule has 0 amide bonds. The average molecular weight is 210 g/mol. The van der Waals surface area contributed by atoms with Crippen LogP contribution in [0.15, 0.2) is 12.1 Å². The van der Waals surface area contributed by atoms with Crippen molar-refractivity contribution in [3.8, 4) is 5.75 Å². The molecule has 0 fully saturated rings. The molecule has 0 aliphatic carbocycles. The Morgan fingerprint density at radius 3 is 2.53 bits per heavy atom. The third kappa shape index (κ3) is 1.88. The third-order valence-corrected chi connectivity index (χ3v) is 1.96. The van der Waals surface area contributed by atoms with E-state index in [9.17, 15) is 14.9 Å². The van der Waals surface area contributed by atoms with Crippen molar-refractivity contribution in [1.82, 2.24) is 0 Å². The van der Waals surface area contributed by atoms with Gasteiger partial charge >= 0.3 is 5.69 Å². The summed E-state index contributed by atoms with van der Waals surface area (Å²) in [5, 5.41) is 10.7. The molecule has 0 atom stereocenters. The summed E-state index contributed by atoms with van der Waals surface area (Å²) in [6.07, 6.45) is 0. The number of hydrogen-bond donors (Lipinski definition) is 1. The number of Topliss-reactive ketones (excluding diaryl/α,β-unsaturated/α-hetero) is 1. The minimum Gasteiger partial charge on any atom is -0.494 e. The molecular weight excluding hydrogens is 200 g/mol. The number of nitro benzene ring substituents is 1. The molecule has 1 aromatic carbocycles. The summed E-state index contributed by atoms with van der Waals surface area (Å²) in [5.74, 6) is -0.220. The highest BCUT2D eigenvalue weighted by molar-refractivity contribution is 6.01. The van der Waals surface area contributed by atoms with Gasteiger partial charge in [-0.15, -0.1) is 0 Å². The Kier molecular flexibility index (Phi) is 2.89. The first-order valence-corrected chi connectivity index (χ1v) is 4.10. The molecular formula is C9H10N2O4. The van der Waals surface area contributed by atoms with Crippen LogP contribution in [-0.4, -0.2) is 17.8 Å². The number of carbonyl (C=O) groups is 1. The van der Waals surface area contributed by atoms with E-state index in [1.807, 2.05) is 0 Å². The van der Waals surface area contributed by atoms with Crippen LogP contribution in [0.2, 0.25) is 0 Å². The van der Waals surface area contributed by atoms with E-state index < -0.39 is 16.4 Å². The fourth-order valence-corrected chi connectivity index (χ4v) is 1.25. The van der Waals surface area contributed by atoms with Gasteiger partial charge in [0.05, 0.1) is 17.6 Å². The predicted molar refractivity (Wildman–Crippen MR) is 54.1 cm³/mol. The van der Waals surface area contributed by atoms with Gasteiger partial charge in [-0.2, -0.15) is 0 Å². The molecule has 0 aliphatic heterocycles. The fourth-order valence-electron chi connectivity index (χ4n) is 1.25. The van der Waals surface area contributed by atoms with E-state index in [2.05, 4.69) is 0 Å². The van der Waals surface area contributed by atoms with Crippen molar-refractivity contribution < 1.29 is 14.5 Å². The van der Waals surface area contributed by atoms with Crippen molar-refractivity contribution >= 4 is 17.2 Å². The number of nitrogens with zero attached hydrogens (tertiary/aromatic N) is 1. The molecule has 0 aliphatic rings. The lowest BCUT2D eigenvalue weighted by atomic mass is 10.1. The number of nitrogens with two attached hydrogens (primary N) is 1. The highest BCUT2D eigenvalue weighted by atomic mass is 16.6. The first-order valence-electron chi connectivity index (χ1n) is 4.10. The van der Waals surface area contributed by atoms with Crippen LogP contribution in [0, 0.1) is 10.1 Å². The summed E-state index contributed by atoms with van der Waals surface area (Å²) >= 11 is 0. The Labute approximate surface area is 85.8 Å². The van der Waals surface area contributed by atoms with Gasteiger partial charge in [-0.25, -0.2) is 0 Å². The number of rotatable bonds is 3. The number of ether oxygens (including phenoxy) is 1. The Balaban J connectivity index is 3.51. The van der Waals surface area contributed by atoms with Crippen molar-refractivity contribution in [2.45, 2.75) is 6.92 Å². The smallest absolute Gasteiger partial charge is 0.306 e. The average Bonchev–Trinajstić information content (AvgIpc) is 2.16. The first-order chi connectivity index (χ1) is 6.99. The summed E-state index contributed by atoms with van der Waals surface area (Å²) in [7, 11) is 1.35. The fraction of sp³-hybridized carbons (Fsp3) is 0.222. The molecule has 0 unspecified atom stereocenters. The van der Waals surface area contributed by atoms with Crippen molar-refractivity contribution in [3.05, 3.63) is 27.8 Å². The molecule has 0 saturated carbocycles. The van der Waals surface area contributed by atoms with Crippen LogP contribution < -0.4 is 10.5 Å². The van der Waals surface area contributed by atoms with E-state index in [1.165, 1.54) is 26.2 Å². The number of hydrogen-bond acceptors (Lipinski definition) is 5. The molecule has 0 heterocycles. The van der Waals surface area contributed by atoms with Gasteiger partial charge in [0, 0.05) is 0 Å². The molecule has 2 N–H and O–H groups in total.